The normalized spacial score (nSPS) is 13.1. The Hall–Kier alpha value is -2.25. The topological polar surface area (TPSA) is 91.4 Å². The van der Waals surface area contributed by atoms with E-state index in [0.29, 0.717) is 11.3 Å². The molecule has 2 amide bonds. The van der Waals surface area contributed by atoms with Crippen LogP contribution >= 0.6 is 0 Å². The SMILES string of the molecule is CO/C=C/CC[C@@H](C(=O)OC)N(C(=O)OC(C)(C)C)C(=O)OC(C)(C)C. The fourth-order valence-corrected chi connectivity index (χ4v) is 1.86. The summed E-state index contributed by atoms with van der Waals surface area (Å²) in [6, 6.07) is -1.19. The molecule has 0 unspecified atom stereocenters. The highest BCUT2D eigenvalue weighted by Crippen LogP contribution is 2.20. The van der Waals surface area contributed by atoms with Gasteiger partial charge >= 0.3 is 18.2 Å². The number of esters is 1. The fourth-order valence-electron chi connectivity index (χ4n) is 1.86. The van der Waals surface area contributed by atoms with Gasteiger partial charge in [-0.2, -0.15) is 4.90 Å². The lowest BCUT2D eigenvalue weighted by Gasteiger charge is -2.32. The number of methoxy groups -OCH3 is 2. The Morgan fingerprint density at radius 2 is 1.38 bits per heavy atom. The highest BCUT2D eigenvalue weighted by atomic mass is 16.6. The van der Waals surface area contributed by atoms with Crippen LogP contribution in [-0.2, 0) is 23.7 Å². The molecule has 8 heteroatoms. The maximum Gasteiger partial charge on any atom is 0.420 e. The van der Waals surface area contributed by atoms with E-state index in [1.165, 1.54) is 20.5 Å². The van der Waals surface area contributed by atoms with Crippen molar-refractivity contribution in [2.45, 2.75) is 71.6 Å². The molecule has 0 aromatic heterocycles. The summed E-state index contributed by atoms with van der Waals surface area (Å²) in [6.45, 7) is 9.96. The summed E-state index contributed by atoms with van der Waals surface area (Å²) in [5, 5.41) is 0. The van der Waals surface area contributed by atoms with Crippen molar-refractivity contribution in [2.24, 2.45) is 0 Å². The second-order valence-electron chi connectivity index (χ2n) is 7.55. The van der Waals surface area contributed by atoms with E-state index >= 15 is 0 Å². The number of hydrogen-bond acceptors (Lipinski definition) is 7. The largest absolute Gasteiger partial charge is 0.505 e. The molecule has 0 heterocycles. The number of amides is 2. The molecule has 0 aromatic carbocycles. The van der Waals surface area contributed by atoms with Gasteiger partial charge in [-0.15, -0.1) is 0 Å². The van der Waals surface area contributed by atoms with Gasteiger partial charge in [0.15, 0.2) is 0 Å². The van der Waals surface area contributed by atoms with E-state index in [-0.39, 0.29) is 6.42 Å². The fraction of sp³-hybridized carbons (Fsp3) is 0.722. The van der Waals surface area contributed by atoms with E-state index in [1.807, 2.05) is 0 Å². The van der Waals surface area contributed by atoms with Gasteiger partial charge in [-0.1, -0.05) is 0 Å². The highest BCUT2D eigenvalue weighted by molar-refractivity contribution is 5.94. The van der Waals surface area contributed by atoms with Gasteiger partial charge in [0.1, 0.15) is 17.2 Å². The Labute approximate surface area is 155 Å². The van der Waals surface area contributed by atoms with E-state index < -0.39 is 35.4 Å². The molecular formula is C18H31NO7. The van der Waals surface area contributed by atoms with Crippen molar-refractivity contribution in [3.8, 4) is 0 Å². The first-order chi connectivity index (χ1) is 11.8. The highest BCUT2D eigenvalue weighted by Gasteiger charge is 2.40. The van der Waals surface area contributed by atoms with E-state index in [9.17, 15) is 14.4 Å². The zero-order chi connectivity index (χ0) is 20.5. The molecule has 0 spiro atoms. The summed E-state index contributed by atoms with van der Waals surface area (Å²) < 4.78 is 20.1. The molecule has 0 saturated carbocycles. The molecule has 0 N–H and O–H groups in total. The van der Waals surface area contributed by atoms with Crippen LogP contribution in [0, 0.1) is 0 Å². The molecule has 0 radical (unpaired) electrons. The Bertz CT molecular complexity index is 487. The molecular weight excluding hydrogens is 342 g/mol. The van der Waals surface area contributed by atoms with Gasteiger partial charge < -0.3 is 18.9 Å². The van der Waals surface area contributed by atoms with Crippen molar-refractivity contribution in [2.75, 3.05) is 14.2 Å². The maximum atomic E-state index is 12.6. The Morgan fingerprint density at radius 3 is 1.73 bits per heavy atom. The monoisotopic (exact) mass is 373 g/mol. The molecule has 0 aliphatic heterocycles. The van der Waals surface area contributed by atoms with Crippen molar-refractivity contribution < 1.29 is 33.3 Å². The summed E-state index contributed by atoms with van der Waals surface area (Å²) in [5.74, 6) is -0.743. The lowest BCUT2D eigenvalue weighted by Crippen LogP contribution is -2.52. The minimum absolute atomic E-state index is 0.130. The van der Waals surface area contributed by atoms with Crippen LogP contribution in [0.5, 0.6) is 0 Å². The van der Waals surface area contributed by atoms with Crippen molar-refractivity contribution >= 4 is 18.2 Å². The van der Waals surface area contributed by atoms with Gasteiger partial charge in [-0.25, -0.2) is 14.4 Å². The van der Waals surface area contributed by atoms with Crippen molar-refractivity contribution in [1.82, 2.24) is 4.90 Å². The predicted molar refractivity (Wildman–Crippen MR) is 95.5 cm³/mol. The molecule has 0 bridgehead atoms. The standard InChI is InChI=1S/C18H31NO7/c1-17(2,3)25-15(21)19(16(22)26-18(4,5)6)13(14(20)24-8)11-9-10-12-23-7/h10,12-13H,9,11H2,1-8H3/b12-10+/t13-/m0/s1. The number of hydrogen-bond donors (Lipinski definition) is 0. The van der Waals surface area contributed by atoms with E-state index in [4.69, 9.17) is 18.9 Å². The minimum atomic E-state index is -1.19. The van der Waals surface area contributed by atoms with Crippen LogP contribution in [0.4, 0.5) is 9.59 Å². The molecule has 0 saturated heterocycles. The summed E-state index contributed by atoms with van der Waals surface area (Å²) in [7, 11) is 2.67. The third kappa shape index (κ3) is 9.29. The van der Waals surface area contributed by atoms with Crippen LogP contribution in [-0.4, -0.2) is 54.5 Å². The van der Waals surface area contributed by atoms with E-state index in [0.717, 1.165) is 0 Å². The molecule has 8 nitrogen and oxygen atoms in total. The van der Waals surface area contributed by atoms with Gasteiger partial charge in [0.2, 0.25) is 0 Å². The number of ether oxygens (including phenoxy) is 4. The number of carbonyl (C=O) groups is 3. The minimum Gasteiger partial charge on any atom is -0.505 e. The van der Waals surface area contributed by atoms with Gasteiger partial charge in [0.05, 0.1) is 20.5 Å². The average Bonchev–Trinajstić information content (AvgIpc) is 2.45. The molecule has 0 rings (SSSR count). The second kappa shape index (κ2) is 10.0. The van der Waals surface area contributed by atoms with Crippen LogP contribution in [0.25, 0.3) is 0 Å². The molecule has 0 aliphatic carbocycles. The summed E-state index contributed by atoms with van der Waals surface area (Å²) in [6.07, 6.45) is 1.66. The number of nitrogens with zero attached hydrogens (tertiary/aromatic N) is 1. The van der Waals surface area contributed by atoms with Crippen molar-refractivity contribution in [1.29, 1.82) is 0 Å². The second-order valence-corrected chi connectivity index (χ2v) is 7.55. The van der Waals surface area contributed by atoms with E-state index in [1.54, 1.807) is 47.6 Å². The number of imide groups is 1. The van der Waals surface area contributed by atoms with Crippen molar-refractivity contribution in [3.05, 3.63) is 12.3 Å². The van der Waals surface area contributed by atoms with Crippen LogP contribution in [0.1, 0.15) is 54.4 Å². The third-order valence-electron chi connectivity index (χ3n) is 2.80. The van der Waals surface area contributed by atoms with Crippen LogP contribution < -0.4 is 0 Å². The predicted octanol–water partition coefficient (Wildman–Crippen LogP) is 3.64. The number of allylic oxidation sites excluding steroid dienone is 1. The zero-order valence-corrected chi connectivity index (χ0v) is 17.0. The summed E-state index contributed by atoms with van der Waals surface area (Å²) >= 11 is 0. The van der Waals surface area contributed by atoms with Crippen molar-refractivity contribution in [3.63, 3.8) is 0 Å². The zero-order valence-electron chi connectivity index (χ0n) is 17.0. The molecule has 1 atom stereocenters. The van der Waals surface area contributed by atoms with Crippen LogP contribution in [0.2, 0.25) is 0 Å². The maximum absolute atomic E-state index is 12.6. The van der Waals surface area contributed by atoms with Crippen LogP contribution in [0.15, 0.2) is 12.3 Å². The summed E-state index contributed by atoms with van der Waals surface area (Å²) in [5.41, 5.74) is -1.71. The van der Waals surface area contributed by atoms with E-state index in [2.05, 4.69) is 0 Å². The first-order valence-electron chi connectivity index (χ1n) is 8.33. The Morgan fingerprint density at radius 1 is 0.923 bits per heavy atom. The Kier molecular flexibility index (Phi) is 9.17. The summed E-state index contributed by atoms with van der Waals surface area (Å²) in [4.78, 5) is 38.1. The average molecular weight is 373 g/mol. The van der Waals surface area contributed by atoms with Gasteiger partial charge in [0, 0.05) is 0 Å². The molecule has 0 fully saturated rings. The first-order valence-corrected chi connectivity index (χ1v) is 8.33. The van der Waals surface area contributed by atoms with Gasteiger partial charge in [-0.3, -0.25) is 0 Å². The molecule has 0 aromatic rings. The number of rotatable bonds is 6. The quantitative estimate of drug-likeness (QED) is 0.399. The number of carbonyl (C=O) groups excluding carboxylic acids is 3. The molecule has 150 valence electrons. The molecule has 0 aliphatic rings. The van der Waals surface area contributed by atoms with Crippen LogP contribution in [0.3, 0.4) is 0 Å². The Balaban J connectivity index is 5.69. The smallest absolute Gasteiger partial charge is 0.420 e. The first kappa shape index (κ1) is 23.8. The van der Waals surface area contributed by atoms with Gasteiger partial charge in [-0.05, 0) is 60.5 Å². The molecule has 26 heavy (non-hydrogen) atoms. The third-order valence-corrected chi connectivity index (χ3v) is 2.80. The lowest BCUT2D eigenvalue weighted by molar-refractivity contribution is -0.146. The lowest BCUT2D eigenvalue weighted by atomic mass is 10.1. The van der Waals surface area contributed by atoms with Gasteiger partial charge in [0.25, 0.3) is 0 Å².